The van der Waals surface area contributed by atoms with Crippen LogP contribution in [0, 0.1) is 12.7 Å². The van der Waals surface area contributed by atoms with Crippen molar-refractivity contribution in [3.8, 4) is 5.75 Å². The molecular weight excluding hydrogens is 450 g/mol. The molecule has 3 aromatic carbocycles. The van der Waals surface area contributed by atoms with E-state index in [-0.39, 0.29) is 17.1 Å². The summed E-state index contributed by atoms with van der Waals surface area (Å²) in [6.45, 7) is 2.23. The summed E-state index contributed by atoms with van der Waals surface area (Å²) < 4.78 is 54.1. The van der Waals surface area contributed by atoms with Gasteiger partial charge in [0, 0.05) is 17.6 Å². The van der Waals surface area contributed by atoms with Crippen LogP contribution in [0.25, 0.3) is 10.9 Å². The predicted molar refractivity (Wildman–Crippen MR) is 121 cm³/mol. The summed E-state index contributed by atoms with van der Waals surface area (Å²) in [6.07, 6.45) is -4.80. The van der Waals surface area contributed by atoms with E-state index in [1.54, 1.807) is 18.2 Å². The van der Waals surface area contributed by atoms with Crippen LogP contribution >= 0.6 is 0 Å². The molecule has 5 nitrogen and oxygen atoms in total. The molecule has 0 saturated heterocycles. The van der Waals surface area contributed by atoms with Crippen LogP contribution in [-0.2, 0) is 6.54 Å². The molecule has 0 aliphatic heterocycles. The molecule has 1 aromatic heterocycles. The number of rotatable bonds is 6. The lowest BCUT2D eigenvalue weighted by atomic mass is 10.1. The average molecular weight is 469 g/mol. The minimum absolute atomic E-state index is 0.245. The van der Waals surface area contributed by atoms with Crippen molar-refractivity contribution in [2.75, 3.05) is 10.6 Å². The molecule has 0 fully saturated rings. The number of amides is 1. The fourth-order valence-corrected chi connectivity index (χ4v) is 3.31. The van der Waals surface area contributed by atoms with Crippen molar-refractivity contribution in [1.29, 1.82) is 0 Å². The van der Waals surface area contributed by atoms with E-state index in [0.717, 1.165) is 28.6 Å². The highest BCUT2D eigenvalue weighted by molar-refractivity contribution is 6.09. The van der Waals surface area contributed by atoms with E-state index in [0.29, 0.717) is 17.9 Å². The second-order valence-electron chi connectivity index (χ2n) is 7.59. The third-order valence-electron chi connectivity index (χ3n) is 4.94. The first kappa shape index (κ1) is 23.0. The van der Waals surface area contributed by atoms with Crippen LogP contribution in [0.5, 0.6) is 5.75 Å². The van der Waals surface area contributed by atoms with Crippen molar-refractivity contribution >= 4 is 28.3 Å². The van der Waals surface area contributed by atoms with Crippen LogP contribution in [0.1, 0.15) is 21.5 Å². The number of alkyl halides is 3. The summed E-state index contributed by atoms with van der Waals surface area (Å²) >= 11 is 0. The van der Waals surface area contributed by atoms with E-state index < -0.39 is 18.0 Å². The lowest BCUT2D eigenvalue weighted by Crippen LogP contribution is -2.17. The number of carbonyl (C=O) groups is 1. The van der Waals surface area contributed by atoms with Gasteiger partial charge in [-0.05, 0) is 66.6 Å². The zero-order chi connectivity index (χ0) is 24.3. The first-order valence-corrected chi connectivity index (χ1v) is 10.2. The zero-order valence-electron chi connectivity index (χ0n) is 17.9. The van der Waals surface area contributed by atoms with Gasteiger partial charge in [-0.15, -0.1) is 13.2 Å². The summed E-state index contributed by atoms with van der Waals surface area (Å²) in [6, 6.07) is 18.1. The maximum Gasteiger partial charge on any atom is 0.573 e. The van der Waals surface area contributed by atoms with Crippen molar-refractivity contribution in [2.24, 2.45) is 0 Å². The topological polar surface area (TPSA) is 63.2 Å². The molecular formula is C25H19F4N3O2. The van der Waals surface area contributed by atoms with E-state index in [1.165, 1.54) is 24.3 Å². The Balaban J connectivity index is 1.60. The average Bonchev–Trinajstić information content (AvgIpc) is 2.78. The highest BCUT2D eigenvalue weighted by Gasteiger charge is 2.31. The second-order valence-corrected chi connectivity index (χ2v) is 7.59. The number of halogens is 4. The molecule has 174 valence electrons. The van der Waals surface area contributed by atoms with E-state index in [9.17, 15) is 22.4 Å². The molecule has 0 saturated carbocycles. The predicted octanol–water partition coefficient (Wildman–Crippen LogP) is 6.45. The first-order valence-electron chi connectivity index (χ1n) is 10.2. The normalized spacial score (nSPS) is 11.3. The van der Waals surface area contributed by atoms with E-state index in [2.05, 4.69) is 20.4 Å². The molecule has 0 aliphatic rings. The van der Waals surface area contributed by atoms with Crippen molar-refractivity contribution in [1.82, 2.24) is 4.98 Å². The molecule has 2 N–H and O–H groups in total. The summed E-state index contributed by atoms with van der Waals surface area (Å²) in [5, 5.41) is 6.54. The van der Waals surface area contributed by atoms with Crippen LogP contribution in [0.4, 0.5) is 29.1 Å². The molecule has 4 rings (SSSR count). The van der Waals surface area contributed by atoms with Gasteiger partial charge in [0.25, 0.3) is 5.91 Å². The Morgan fingerprint density at radius 3 is 2.35 bits per heavy atom. The summed E-state index contributed by atoms with van der Waals surface area (Å²) in [7, 11) is 0. The Kier molecular flexibility index (Phi) is 6.36. The first-order chi connectivity index (χ1) is 16.2. The minimum atomic E-state index is -4.80. The minimum Gasteiger partial charge on any atom is -0.406 e. The number of nitrogens with zero attached hydrogens (tertiary/aromatic N) is 1. The Morgan fingerprint density at radius 2 is 1.68 bits per heavy atom. The molecule has 0 bridgehead atoms. The molecule has 9 heteroatoms. The zero-order valence-corrected chi connectivity index (χ0v) is 17.9. The maximum atomic E-state index is 13.2. The Morgan fingerprint density at radius 1 is 0.971 bits per heavy atom. The number of fused-ring (bicyclic) bond motifs is 1. The Hall–Kier alpha value is -4.14. The standard InChI is InChI=1S/C25H19F4N3O2/c1-15-2-5-17-13-21(24(33)31-19-8-10-20(11-9-19)34-25(27,28)29)23(32-22(17)12-15)30-14-16-3-6-18(26)7-4-16/h2-13H,14H2,1H3,(H,30,32)(H,31,33). The van der Waals surface area contributed by atoms with Crippen molar-refractivity contribution in [3.05, 3.63) is 95.3 Å². The molecule has 0 aliphatic carbocycles. The van der Waals surface area contributed by atoms with Gasteiger partial charge in [0.05, 0.1) is 11.1 Å². The molecule has 0 unspecified atom stereocenters. The number of anilines is 2. The smallest absolute Gasteiger partial charge is 0.406 e. The van der Waals surface area contributed by atoms with Gasteiger partial charge in [0.2, 0.25) is 0 Å². The summed E-state index contributed by atoms with van der Waals surface area (Å²) in [5.41, 5.74) is 3.01. The van der Waals surface area contributed by atoms with Gasteiger partial charge in [0.1, 0.15) is 17.4 Å². The van der Waals surface area contributed by atoms with Gasteiger partial charge in [-0.1, -0.05) is 24.3 Å². The number of aromatic nitrogens is 1. The van der Waals surface area contributed by atoms with Gasteiger partial charge in [0.15, 0.2) is 0 Å². The van der Waals surface area contributed by atoms with Gasteiger partial charge >= 0.3 is 6.36 Å². The van der Waals surface area contributed by atoms with Crippen LogP contribution in [0.15, 0.2) is 72.8 Å². The van der Waals surface area contributed by atoms with Gasteiger partial charge < -0.3 is 15.4 Å². The van der Waals surface area contributed by atoms with Crippen LogP contribution in [0.3, 0.4) is 0 Å². The van der Waals surface area contributed by atoms with Gasteiger partial charge in [-0.2, -0.15) is 0 Å². The highest BCUT2D eigenvalue weighted by Crippen LogP contribution is 2.26. The lowest BCUT2D eigenvalue weighted by molar-refractivity contribution is -0.274. The quantitative estimate of drug-likeness (QED) is 0.319. The largest absolute Gasteiger partial charge is 0.573 e. The lowest BCUT2D eigenvalue weighted by Gasteiger charge is -2.14. The number of pyridine rings is 1. The number of hydrogen-bond acceptors (Lipinski definition) is 4. The Bertz CT molecular complexity index is 1320. The molecule has 0 radical (unpaired) electrons. The molecule has 34 heavy (non-hydrogen) atoms. The monoisotopic (exact) mass is 469 g/mol. The van der Waals surface area contributed by atoms with Crippen molar-refractivity contribution in [2.45, 2.75) is 19.8 Å². The van der Waals surface area contributed by atoms with Gasteiger partial charge in [-0.3, -0.25) is 4.79 Å². The van der Waals surface area contributed by atoms with Crippen LogP contribution in [-0.4, -0.2) is 17.3 Å². The van der Waals surface area contributed by atoms with Crippen molar-refractivity contribution < 1.29 is 27.1 Å². The third kappa shape index (κ3) is 5.80. The Labute approximate surface area is 192 Å². The van der Waals surface area contributed by atoms with Crippen LogP contribution in [0.2, 0.25) is 0 Å². The van der Waals surface area contributed by atoms with E-state index >= 15 is 0 Å². The fraction of sp³-hybridized carbons (Fsp3) is 0.120. The van der Waals surface area contributed by atoms with E-state index in [1.807, 2.05) is 25.1 Å². The molecule has 0 atom stereocenters. The molecule has 0 spiro atoms. The number of nitrogens with one attached hydrogen (secondary N) is 2. The fourth-order valence-electron chi connectivity index (χ4n) is 3.31. The summed E-state index contributed by atoms with van der Waals surface area (Å²) in [5.74, 6) is -0.928. The molecule has 1 amide bonds. The maximum absolute atomic E-state index is 13.2. The number of hydrogen-bond donors (Lipinski definition) is 2. The molecule has 4 aromatic rings. The number of ether oxygens (including phenoxy) is 1. The van der Waals surface area contributed by atoms with E-state index in [4.69, 9.17) is 0 Å². The van der Waals surface area contributed by atoms with Gasteiger partial charge in [-0.25, -0.2) is 9.37 Å². The number of benzene rings is 3. The van der Waals surface area contributed by atoms with Crippen LogP contribution < -0.4 is 15.4 Å². The molecule has 1 heterocycles. The SMILES string of the molecule is Cc1ccc2cc(C(=O)Nc3ccc(OC(F)(F)F)cc3)c(NCc3ccc(F)cc3)nc2c1. The second kappa shape index (κ2) is 9.38. The number of carbonyl (C=O) groups excluding carboxylic acids is 1. The van der Waals surface area contributed by atoms with Crippen molar-refractivity contribution in [3.63, 3.8) is 0 Å². The number of aryl methyl sites for hydroxylation is 1. The third-order valence-corrected chi connectivity index (χ3v) is 4.94. The highest BCUT2D eigenvalue weighted by atomic mass is 19.4. The summed E-state index contributed by atoms with van der Waals surface area (Å²) in [4.78, 5) is 17.7.